The van der Waals surface area contributed by atoms with Crippen molar-refractivity contribution in [2.75, 3.05) is 45.6 Å². The Morgan fingerprint density at radius 1 is 1.33 bits per heavy atom. The lowest BCUT2D eigenvalue weighted by molar-refractivity contribution is 0.0177. The summed E-state index contributed by atoms with van der Waals surface area (Å²) in [5, 5.41) is 2.68. The Labute approximate surface area is 146 Å². The quantitative estimate of drug-likeness (QED) is 0.772. The first-order chi connectivity index (χ1) is 11.3. The highest BCUT2D eigenvalue weighted by atomic mass is 32.2. The monoisotopic (exact) mass is 373 g/mol. The third kappa shape index (κ3) is 3.79. The normalized spacial score (nSPS) is 22.5. The van der Waals surface area contributed by atoms with Crippen molar-refractivity contribution >= 4 is 27.3 Å². The molecule has 3 heterocycles. The summed E-state index contributed by atoms with van der Waals surface area (Å²) in [6, 6.07) is 0. The third-order valence-corrected chi connectivity index (χ3v) is 6.85. The maximum atomic E-state index is 12.5. The molecule has 2 saturated heterocycles. The molecule has 0 saturated carbocycles. The van der Waals surface area contributed by atoms with E-state index in [0.29, 0.717) is 45.1 Å². The summed E-state index contributed by atoms with van der Waals surface area (Å²) < 4.78 is 31.0. The van der Waals surface area contributed by atoms with Crippen molar-refractivity contribution in [3.63, 3.8) is 0 Å². The Hall–Kier alpha value is -1.03. The number of carbonyl (C=O) groups is 1. The molecule has 2 aliphatic rings. The van der Waals surface area contributed by atoms with E-state index in [1.54, 1.807) is 5.38 Å². The minimum absolute atomic E-state index is 0.0382. The zero-order valence-electron chi connectivity index (χ0n) is 14.0. The molecule has 2 fully saturated rings. The van der Waals surface area contributed by atoms with Gasteiger partial charge in [-0.1, -0.05) is 0 Å². The number of aryl methyl sites for hydroxylation is 1. The molecule has 134 valence electrons. The molecule has 9 heteroatoms. The van der Waals surface area contributed by atoms with E-state index < -0.39 is 10.0 Å². The number of hydrogen-bond donors (Lipinski definition) is 0. The highest BCUT2D eigenvalue weighted by Crippen LogP contribution is 2.35. The SMILES string of the molecule is Cc1nc(C(=O)N2CCC3(CC2)COCCN(S(C)(=O)=O)C3)cs1. The van der Waals surface area contributed by atoms with Crippen molar-refractivity contribution in [2.45, 2.75) is 19.8 Å². The molecule has 0 bridgehead atoms. The molecule has 1 aromatic rings. The van der Waals surface area contributed by atoms with Crippen LogP contribution in [0.4, 0.5) is 0 Å². The van der Waals surface area contributed by atoms with Crippen molar-refractivity contribution in [3.05, 3.63) is 16.1 Å². The van der Waals surface area contributed by atoms with Gasteiger partial charge in [-0.3, -0.25) is 4.79 Å². The van der Waals surface area contributed by atoms with Gasteiger partial charge in [0.25, 0.3) is 5.91 Å². The number of rotatable bonds is 2. The van der Waals surface area contributed by atoms with Crippen LogP contribution in [0.5, 0.6) is 0 Å². The number of piperidine rings is 1. The van der Waals surface area contributed by atoms with Gasteiger partial charge in [-0.15, -0.1) is 11.3 Å². The second-order valence-corrected chi connectivity index (χ2v) is 9.74. The van der Waals surface area contributed by atoms with Crippen LogP contribution in [0.2, 0.25) is 0 Å². The standard InChI is InChI=1S/C15H23N3O4S2/c1-12-16-13(9-23-12)14(19)17-5-3-15(4-6-17)10-18(24(2,20)21)7-8-22-11-15/h9H,3-8,10-11H2,1-2H3. The van der Waals surface area contributed by atoms with Gasteiger partial charge in [-0.25, -0.2) is 13.4 Å². The van der Waals surface area contributed by atoms with Crippen LogP contribution in [0, 0.1) is 12.3 Å². The molecule has 1 aromatic heterocycles. The van der Waals surface area contributed by atoms with E-state index in [9.17, 15) is 13.2 Å². The summed E-state index contributed by atoms with van der Waals surface area (Å²) >= 11 is 1.47. The van der Waals surface area contributed by atoms with Gasteiger partial charge in [-0.2, -0.15) is 4.31 Å². The fraction of sp³-hybridized carbons (Fsp3) is 0.733. The largest absolute Gasteiger partial charge is 0.379 e. The number of likely N-dealkylation sites (tertiary alicyclic amines) is 1. The zero-order valence-corrected chi connectivity index (χ0v) is 15.7. The minimum Gasteiger partial charge on any atom is -0.379 e. The summed E-state index contributed by atoms with van der Waals surface area (Å²) in [5.74, 6) is -0.0382. The molecule has 0 aromatic carbocycles. The van der Waals surface area contributed by atoms with Gasteiger partial charge >= 0.3 is 0 Å². The summed E-state index contributed by atoms with van der Waals surface area (Å²) in [4.78, 5) is 18.6. The smallest absolute Gasteiger partial charge is 0.273 e. The molecule has 1 amide bonds. The molecular weight excluding hydrogens is 350 g/mol. The van der Waals surface area contributed by atoms with E-state index >= 15 is 0 Å². The lowest BCUT2D eigenvalue weighted by Gasteiger charge is -2.42. The number of amides is 1. The molecule has 3 rings (SSSR count). The Kier molecular flexibility index (Phi) is 4.96. The van der Waals surface area contributed by atoms with E-state index in [4.69, 9.17) is 4.74 Å². The van der Waals surface area contributed by atoms with E-state index in [1.165, 1.54) is 21.9 Å². The number of ether oxygens (including phenoxy) is 1. The first-order valence-corrected chi connectivity index (χ1v) is 10.8. The highest BCUT2D eigenvalue weighted by Gasteiger charge is 2.41. The number of sulfonamides is 1. The van der Waals surface area contributed by atoms with Gasteiger partial charge in [-0.05, 0) is 19.8 Å². The van der Waals surface area contributed by atoms with E-state index in [1.807, 2.05) is 11.8 Å². The summed E-state index contributed by atoms with van der Waals surface area (Å²) in [6.07, 6.45) is 2.73. The molecule has 0 atom stereocenters. The van der Waals surface area contributed by atoms with Crippen LogP contribution in [0.1, 0.15) is 28.3 Å². The third-order valence-electron chi connectivity index (χ3n) is 4.82. The van der Waals surface area contributed by atoms with Gasteiger partial charge < -0.3 is 9.64 Å². The molecule has 1 spiro atoms. The van der Waals surface area contributed by atoms with Gasteiger partial charge in [0.15, 0.2) is 0 Å². The van der Waals surface area contributed by atoms with Crippen LogP contribution < -0.4 is 0 Å². The molecule has 0 radical (unpaired) electrons. The minimum atomic E-state index is -3.23. The zero-order chi connectivity index (χ0) is 17.4. The number of hydrogen-bond acceptors (Lipinski definition) is 6. The first kappa shape index (κ1) is 17.8. The predicted octanol–water partition coefficient (Wildman–Crippen LogP) is 0.966. The number of thiazole rings is 1. The Bertz CT molecular complexity index is 708. The van der Waals surface area contributed by atoms with Crippen LogP contribution in [-0.2, 0) is 14.8 Å². The molecule has 2 aliphatic heterocycles. The Morgan fingerprint density at radius 2 is 2.04 bits per heavy atom. The molecular formula is C15H23N3O4S2. The summed E-state index contributed by atoms with van der Waals surface area (Å²) in [7, 11) is -3.23. The van der Waals surface area contributed by atoms with E-state index in [-0.39, 0.29) is 11.3 Å². The lowest BCUT2D eigenvalue weighted by Crippen LogP contribution is -2.49. The Balaban J connectivity index is 1.67. The average molecular weight is 374 g/mol. The summed E-state index contributed by atoms with van der Waals surface area (Å²) in [5.41, 5.74) is 0.303. The van der Waals surface area contributed by atoms with E-state index in [0.717, 1.165) is 17.8 Å². The number of aromatic nitrogens is 1. The number of nitrogens with zero attached hydrogens (tertiary/aromatic N) is 3. The predicted molar refractivity (Wildman–Crippen MR) is 91.7 cm³/mol. The molecule has 24 heavy (non-hydrogen) atoms. The van der Waals surface area contributed by atoms with Crippen LogP contribution in [-0.4, -0.2) is 74.2 Å². The second-order valence-electron chi connectivity index (χ2n) is 6.69. The maximum absolute atomic E-state index is 12.5. The molecule has 0 N–H and O–H groups in total. The topological polar surface area (TPSA) is 79.8 Å². The van der Waals surface area contributed by atoms with Gasteiger partial charge in [0.2, 0.25) is 10.0 Å². The van der Waals surface area contributed by atoms with Crippen molar-refractivity contribution in [1.82, 2.24) is 14.2 Å². The van der Waals surface area contributed by atoms with Crippen molar-refractivity contribution in [3.8, 4) is 0 Å². The van der Waals surface area contributed by atoms with Crippen molar-refractivity contribution < 1.29 is 17.9 Å². The average Bonchev–Trinajstić information content (AvgIpc) is 2.84. The Morgan fingerprint density at radius 3 is 2.62 bits per heavy atom. The first-order valence-electron chi connectivity index (χ1n) is 8.03. The van der Waals surface area contributed by atoms with Crippen LogP contribution in [0.25, 0.3) is 0 Å². The van der Waals surface area contributed by atoms with Crippen LogP contribution in [0.3, 0.4) is 0 Å². The summed E-state index contributed by atoms with van der Waals surface area (Å²) in [6.45, 7) is 4.96. The lowest BCUT2D eigenvalue weighted by atomic mass is 9.79. The van der Waals surface area contributed by atoms with Crippen molar-refractivity contribution in [1.29, 1.82) is 0 Å². The van der Waals surface area contributed by atoms with Gasteiger partial charge in [0, 0.05) is 37.0 Å². The maximum Gasteiger partial charge on any atom is 0.273 e. The van der Waals surface area contributed by atoms with Crippen LogP contribution in [0.15, 0.2) is 5.38 Å². The van der Waals surface area contributed by atoms with E-state index in [2.05, 4.69) is 4.98 Å². The fourth-order valence-electron chi connectivity index (χ4n) is 3.35. The van der Waals surface area contributed by atoms with Gasteiger partial charge in [0.1, 0.15) is 5.69 Å². The molecule has 0 aliphatic carbocycles. The van der Waals surface area contributed by atoms with Crippen LogP contribution >= 0.6 is 11.3 Å². The fourth-order valence-corrected chi connectivity index (χ4v) is 4.85. The second kappa shape index (κ2) is 6.70. The van der Waals surface area contributed by atoms with Gasteiger partial charge in [0.05, 0.1) is 24.5 Å². The molecule has 0 unspecified atom stereocenters. The van der Waals surface area contributed by atoms with Crippen molar-refractivity contribution in [2.24, 2.45) is 5.41 Å². The molecule has 7 nitrogen and oxygen atoms in total. The highest BCUT2D eigenvalue weighted by molar-refractivity contribution is 7.88. The number of carbonyl (C=O) groups excluding carboxylic acids is 1.